The summed E-state index contributed by atoms with van der Waals surface area (Å²) >= 11 is 6.27. The van der Waals surface area contributed by atoms with E-state index in [1.54, 1.807) is 62.4 Å². The molecule has 34 heteroatoms. The van der Waals surface area contributed by atoms with Crippen molar-refractivity contribution in [2.24, 2.45) is 11.7 Å². The highest BCUT2D eigenvalue weighted by Gasteiger charge is 2.40. The lowest BCUT2D eigenvalue weighted by atomic mass is 9.99. The zero-order valence-electron chi connectivity index (χ0n) is 65.7. The number of fused-ring (bicyclic) bond motifs is 1. The van der Waals surface area contributed by atoms with Crippen molar-refractivity contribution in [3.8, 4) is 0 Å². The van der Waals surface area contributed by atoms with Gasteiger partial charge >= 0.3 is 0 Å². The lowest BCUT2D eigenvalue weighted by Crippen LogP contribution is -2.61. The second kappa shape index (κ2) is 46.6. The number of nitrogens with two attached hydrogens (primary N) is 2. The van der Waals surface area contributed by atoms with Gasteiger partial charge in [-0.2, -0.15) is 0 Å². The van der Waals surface area contributed by atoms with Crippen LogP contribution in [0, 0.1) is 5.92 Å². The van der Waals surface area contributed by atoms with Crippen LogP contribution in [0.25, 0.3) is 10.8 Å². The number of likely N-dealkylation sites (tertiary alicyclic amines) is 1. The molecule has 6 aromatic rings. The first-order valence-corrected chi connectivity index (χ1v) is 39.2. The Morgan fingerprint density at radius 2 is 1.03 bits per heavy atom. The number of hydrogen-bond donors (Lipinski definition) is 15. The Labute approximate surface area is 673 Å². The molecular weight excluding hydrogens is 1500 g/mol. The third-order valence-electron chi connectivity index (χ3n) is 19.1. The molecule has 1 aliphatic heterocycles. The third-order valence-corrected chi connectivity index (χ3v) is 19.4. The number of nitrogens with zero attached hydrogens (tertiary/aromatic N) is 5. The smallest absolute Gasteiger partial charge is 0.273 e. The summed E-state index contributed by atoms with van der Waals surface area (Å²) in [4.78, 5) is 201. The van der Waals surface area contributed by atoms with Gasteiger partial charge in [-0.3, -0.25) is 72.3 Å². The van der Waals surface area contributed by atoms with Gasteiger partial charge in [-0.25, -0.2) is 9.97 Å². The highest BCUT2D eigenvalue weighted by molar-refractivity contribution is 6.30. The summed E-state index contributed by atoms with van der Waals surface area (Å²) in [6, 6.07) is 14.2. The minimum atomic E-state index is -1.85. The van der Waals surface area contributed by atoms with Crippen molar-refractivity contribution in [3.63, 3.8) is 0 Å². The Morgan fingerprint density at radius 1 is 0.513 bits per heavy atom. The molecule has 10 atom stereocenters. The lowest BCUT2D eigenvalue weighted by molar-refractivity contribution is -0.142. The standard InChI is InChI=1S/C81H108ClN19O14/c1-48(2)41-62(74(108)96-61(25-12-13-34-86-49(3)4)81(115)101-40-18-26-67(101)79(113)92-50(5)70(84)104)97-73(107)60(24-11-16-37-91-80(114)68-69(83)89-39-38-88-68)94-72(106)59(23-10-15-36-90-71(105)58-22-9-14-35-87-58)95-78(112)66(47-102)100-77(111)65(45-54-19-17-33-85-46-54)99-76(110)64(43-52-28-31-57(82)32-29-52)98-75(109)63(93-51(6)103)44-53-27-30-55-20-7-8-21-56(55)42-53/h7-9,14,17,19-22,27-33,35,38-39,42,46,48-50,59-67,86,102H,10-13,15-16,18,23-26,34,36-37,40-41,43-45,47H2,1-6H3,(H2,83,89)(H2,84,104)(H,90,105)(H,91,114)(H,92,113)(H,93,103)(H,94,106)(H,95,112)(H,96,108)(H,97,107)(H,98,109)(H,99,110)(H,100,111)/t50-,59+,60-,61+,62+,63-,64-,65-,66+,67+/m1/s1. The van der Waals surface area contributed by atoms with E-state index >= 15 is 9.59 Å². The molecule has 115 heavy (non-hydrogen) atoms. The molecule has 1 aliphatic rings. The fourth-order valence-electron chi connectivity index (χ4n) is 13.0. The molecule has 3 aromatic carbocycles. The number of anilines is 1. The van der Waals surface area contributed by atoms with Gasteiger partial charge in [0.25, 0.3) is 11.8 Å². The van der Waals surface area contributed by atoms with Crippen LogP contribution in [0.3, 0.4) is 0 Å². The van der Waals surface area contributed by atoms with Gasteiger partial charge in [-0.05, 0) is 154 Å². The maximum atomic E-state index is 15.2. The van der Waals surface area contributed by atoms with Gasteiger partial charge in [0.15, 0.2) is 11.5 Å². The Kier molecular flexibility index (Phi) is 36.7. The van der Waals surface area contributed by atoms with Gasteiger partial charge in [0.05, 0.1) is 6.61 Å². The Morgan fingerprint density at radius 3 is 1.62 bits per heavy atom. The largest absolute Gasteiger partial charge is 0.394 e. The number of unbranched alkanes of at least 4 members (excludes halogenated alkanes) is 3. The van der Waals surface area contributed by atoms with Crippen LogP contribution >= 0.6 is 11.6 Å². The molecule has 618 valence electrons. The van der Waals surface area contributed by atoms with Crippen LogP contribution in [0.1, 0.15) is 156 Å². The number of hydrogen-bond acceptors (Lipinski definition) is 20. The topological polar surface area (TPSA) is 493 Å². The molecule has 0 spiro atoms. The van der Waals surface area contributed by atoms with E-state index in [9.17, 15) is 57.8 Å². The molecule has 13 amide bonds. The van der Waals surface area contributed by atoms with Crippen LogP contribution in [0.2, 0.25) is 5.02 Å². The molecule has 1 fully saturated rings. The van der Waals surface area contributed by atoms with Gasteiger partial charge in [0.1, 0.15) is 66.1 Å². The zero-order valence-corrected chi connectivity index (χ0v) is 66.5. The van der Waals surface area contributed by atoms with E-state index in [0.717, 1.165) is 10.8 Å². The van der Waals surface area contributed by atoms with Crippen molar-refractivity contribution in [2.45, 2.75) is 204 Å². The number of primary amides is 1. The molecule has 4 heterocycles. The van der Waals surface area contributed by atoms with E-state index in [-0.39, 0.29) is 126 Å². The predicted octanol–water partition coefficient (Wildman–Crippen LogP) is 1.97. The number of halogens is 1. The molecule has 1 saturated heterocycles. The van der Waals surface area contributed by atoms with Gasteiger partial charge in [0.2, 0.25) is 65.0 Å². The number of aliphatic hydroxyl groups excluding tert-OH is 1. The zero-order chi connectivity index (χ0) is 83.5. The van der Waals surface area contributed by atoms with Gasteiger partial charge in [0, 0.05) is 87.9 Å². The summed E-state index contributed by atoms with van der Waals surface area (Å²) in [7, 11) is 0. The Bertz CT molecular complexity index is 4280. The third kappa shape index (κ3) is 30.0. The summed E-state index contributed by atoms with van der Waals surface area (Å²) in [5.74, 6) is -10.3. The summed E-state index contributed by atoms with van der Waals surface area (Å²) < 4.78 is 0. The summed E-state index contributed by atoms with van der Waals surface area (Å²) in [6.07, 6.45) is 8.83. The molecule has 17 N–H and O–H groups in total. The van der Waals surface area contributed by atoms with Crippen LogP contribution in [0.4, 0.5) is 5.82 Å². The van der Waals surface area contributed by atoms with Crippen molar-refractivity contribution in [2.75, 3.05) is 38.5 Å². The molecule has 7 rings (SSSR count). The van der Waals surface area contributed by atoms with Crippen molar-refractivity contribution in [1.29, 1.82) is 0 Å². The quantitative estimate of drug-likeness (QED) is 0.0243. The molecule has 33 nitrogen and oxygen atoms in total. The van der Waals surface area contributed by atoms with E-state index in [0.29, 0.717) is 47.5 Å². The molecule has 0 bridgehead atoms. The van der Waals surface area contributed by atoms with E-state index in [1.165, 1.54) is 55.8 Å². The SMILES string of the molecule is CC(=O)N[C@H](Cc1ccc2ccccc2c1)C(=O)N[C@H](Cc1ccc(Cl)cc1)C(=O)N[C@H](Cc1cccnc1)C(=O)N[C@@H](CO)C(=O)N[C@@H](CCCCNC(=O)c1ccccn1)C(=O)N[C@H](CCCCNC(=O)c1nccnc1N)C(=O)N[C@@H](CC(C)C)C(=O)N[C@@H](CCCCNC(C)C)C(=O)N1CCC[C@H]1C(=O)N[C@H](C)C(N)=O. The number of benzene rings is 3. The van der Waals surface area contributed by atoms with Crippen LogP contribution in [-0.4, -0.2) is 206 Å². The average Bonchev–Trinajstić information content (AvgIpc) is 1.80. The molecule has 0 aliphatic carbocycles. The maximum Gasteiger partial charge on any atom is 0.273 e. The van der Waals surface area contributed by atoms with Crippen LogP contribution in [0.15, 0.2) is 128 Å². The first-order valence-electron chi connectivity index (χ1n) is 38.9. The van der Waals surface area contributed by atoms with E-state index in [4.69, 9.17) is 23.1 Å². The number of nitrogens with one attached hydrogen (secondary N) is 12. The van der Waals surface area contributed by atoms with E-state index < -0.39 is 144 Å². The van der Waals surface area contributed by atoms with Gasteiger partial charge in [-0.15, -0.1) is 0 Å². The first-order chi connectivity index (χ1) is 55.1. The average molecular weight is 1610 g/mol. The molecule has 3 aromatic heterocycles. The lowest BCUT2D eigenvalue weighted by Gasteiger charge is -2.31. The van der Waals surface area contributed by atoms with Gasteiger partial charge in [-0.1, -0.05) is 106 Å². The number of aromatic nitrogens is 4. The van der Waals surface area contributed by atoms with Crippen molar-refractivity contribution in [1.82, 2.24) is 88.6 Å². The number of nitrogen functional groups attached to an aromatic ring is 1. The molecular formula is C81H108ClN19O14. The van der Waals surface area contributed by atoms with E-state index in [2.05, 4.69) is 83.7 Å². The second-order valence-corrected chi connectivity index (χ2v) is 29.6. The number of carbonyl (C=O) groups excluding carboxylic acids is 13. The summed E-state index contributed by atoms with van der Waals surface area (Å²) in [5, 5.41) is 46.5. The van der Waals surface area contributed by atoms with Gasteiger partial charge < -0.3 is 85.3 Å². The minimum absolute atomic E-state index is 0.0135. The number of aliphatic hydroxyl groups is 1. The van der Waals surface area contributed by atoms with Crippen LogP contribution in [0.5, 0.6) is 0 Å². The van der Waals surface area contributed by atoms with Crippen LogP contribution in [-0.2, 0) is 72.0 Å². The minimum Gasteiger partial charge on any atom is -0.394 e. The number of amides is 13. The predicted molar refractivity (Wildman–Crippen MR) is 430 cm³/mol. The van der Waals surface area contributed by atoms with Crippen molar-refractivity contribution < 1.29 is 67.4 Å². The highest BCUT2D eigenvalue weighted by Crippen LogP contribution is 2.23. The number of rotatable bonds is 46. The normalized spacial score (nSPS) is 14.9. The summed E-state index contributed by atoms with van der Waals surface area (Å²) in [6.45, 7) is 10.0. The fourth-order valence-corrected chi connectivity index (χ4v) is 13.1. The molecule has 0 unspecified atom stereocenters. The maximum absolute atomic E-state index is 15.2. The monoisotopic (exact) mass is 1610 g/mol. The Balaban J connectivity index is 1.16. The van der Waals surface area contributed by atoms with Crippen molar-refractivity contribution in [3.05, 3.63) is 161 Å². The van der Waals surface area contributed by atoms with E-state index in [1.807, 2.05) is 56.3 Å². The Hall–Kier alpha value is -11.6. The highest BCUT2D eigenvalue weighted by atomic mass is 35.5. The number of carbonyl (C=O) groups is 13. The van der Waals surface area contributed by atoms with Crippen molar-refractivity contribution >= 4 is 105 Å². The molecule has 0 radical (unpaired) electrons. The van der Waals surface area contributed by atoms with Crippen LogP contribution < -0.4 is 75.3 Å². The number of pyridine rings is 2. The summed E-state index contributed by atoms with van der Waals surface area (Å²) in [5.41, 5.74) is 13.1. The molecule has 0 saturated carbocycles. The fraction of sp³-hybridized carbons (Fsp3) is 0.469. The first kappa shape index (κ1) is 90.6. The second-order valence-electron chi connectivity index (χ2n) is 29.2.